The molecule has 0 aromatic carbocycles. The van der Waals surface area contributed by atoms with Gasteiger partial charge >= 0.3 is 5.97 Å². The van der Waals surface area contributed by atoms with Crippen molar-refractivity contribution in [3.05, 3.63) is 0 Å². The lowest BCUT2D eigenvalue weighted by atomic mass is 9.92. The number of aliphatic carboxylic acids is 1. The van der Waals surface area contributed by atoms with Crippen LogP contribution < -0.4 is 5.32 Å². The zero-order chi connectivity index (χ0) is 10.5. The molecule has 76 valence electrons. The number of hydrogen-bond acceptors (Lipinski definition) is 3. The van der Waals surface area contributed by atoms with Gasteiger partial charge in [-0.1, -0.05) is 0 Å². The van der Waals surface area contributed by atoms with Crippen molar-refractivity contribution in [1.29, 1.82) is 0 Å². The third-order valence-electron chi connectivity index (χ3n) is 1.71. The first-order valence-corrected chi connectivity index (χ1v) is 3.89. The number of carbonyl (C=O) groups excluding carboxylic acids is 1. The van der Waals surface area contributed by atoms with Gasteiger partial charge in [0.2, 0.25) is 5.91 Å². The molecular formula is C8H15NO4. The van der Waals surface area contributed by atoms with Crippen LogP contribution in [0.3, 0.4) is 0 Å². The van der Waals surface area contributed by atoms with Crippen LogP contribution in [0.4, 0.5) is 0 Å². The lowest BCUT2D eigenvalue weighted by Crippen LogP contribution is -2.43. The molecule has 1 atom stereocenters. The average molecular weight is 189 g/mol. The molecule has 0 aliphatic carbocycles. The van der Waals surface area contributed by atoms with Crippen molar-refractivity contribution >= 4 is 11.9 Å². The zero-order valence-corrected chi connectivity index (χ0v) is 8.09. The van der Waals surface area contributed by atoms with Crippen LogP contribution in [0.25, 0.3) is 0 Å². The van der Waals surface area contributed by atoms with E-state index in [0.717, 1.165) is 0 Å². The maximum Gasteiger partial charge on any atom is 0.313 e. The van der Waals surface area contributed by atoms with Crippen molar-refractivity contribution in [1.82, 2.24) is 5.32 Å². The fourth-order valence-corrected chi connectivity index (χ4v) is 0.827. The second-order valence-electron chi connectivity index (χ2n) is 3.21. The number of nitrogens with one attached hydrogen (secondary N) is 1. The van der Waals surface area contributed by atoms with Gasteiger partial charge < -0.3 is 15.2 Å². The Hall–Kier alpha value is -1.10. The minimum atomic E-state index is -1.06. The summed E-state index contributed by atoms with van der Waals surface area (Å²) < 4.78 is 4.77. The summed E-state index contributed by atoms with van der Waals surface area (Å²) in [5.74, 6) is -1.23. The number of carboxylic acid groups (broad SMARTS) is 1. The van der Waals surface area contributed by atoms with Crippen LogP contribution in [0, 0.1) is 5.41 Å². The SMILES string of the molecule is COCC(C)(CNC(C)=O)C(=O)O. The molecule has 0 saturated heterocycles. The number of rotatable bonds is 5. The summed E-state index contributed by atoms with van der Waals surface area (Å²) in [6.07, 6.45) is 0. The summed E-state index contributed by atoms with van der Waals surface area (Å²) in [6.45, 7) is 3.01. The average Bonchev–Trinajstić information content (AvgIpc) is 2.01. The molecule has 0 aromatic rings. The quantitative estimate of drug-likeness (QED) is 0.631. The fourth-order valence-electron chi connectivity index (χ4n) is 0.827. The Balaban J connectivity index is 4.24. The van der Waals surface area contributed by atoms with E-state index in [1.807, 2.05) is 0 Å². The van der Waals surface area contributed by atoms with Crippen molar-refractivity contribution in [3.8, 4) is 0 Å². The molecule has 0 aliphatic rings. The molecule has 0 saturated carbocycles. The van der Waals surface area contributed by atoms with Gasteiger partial charge in [0.25, 0.3) is 0 Å². The molecule has 0 spiro atoms. The minimum Gasteiger partial charge on any atom is -0.481 e. The van der Waals surface area contributed by atoms with E-state index >= 15 is 0 Å². The molecule has 5 nitrogen and oxygen atoms in total. The van der Waals surface area contributed by atoms with Gasteiger partial charge in [-0.05, 0) is 6.92 Å². The van der Waals surface area contributed by atoms with Crippen LogP contribution in [-0.4, -0.2) is 37.2 Å². The van der Waals surface area contributed by atoms with Crippen LogP contribution in [0.15, 0.2) is 0 Å². The highest BCUT2D eigenvalue weighted by Crippen LogP contribution is 2.15. The maximum atomic E-state index is 10.8. The summed E-state index contributed by atoms with van der Waals surface area (Å²) in [5.41, 5.74) is -1.06. The molecule has 5 heteroatoms. The molecule has 0 aliphatic heterocycles. The summed E-state index contributed by atoms with van der Waals surface area (Å²) >= 11 is 0. The first-order chi connectivity index (χ1) is 5.92. The van der Waals surface area contributed by atoms with E-state index in [2.05, 4.69) is 5.32 Å². The summed E-state index contributed by atoms with van der Waals surface area (Å²) in [7, 11) is 1.43. The van der Waals surface area contributed by atoms with Crippen molar-refractivity contribution in [3.63, 3.8) is 0 Å². The van der Waals surface area contributed by atoms with E-state index in [4.69, 9.17) is 9.84 Å². The molecule has 0 bridgehead atoms. The van der Waals surface area contributed by atoms with Gasteiger partial charge in [0.15, 0.2) is 0 Å². The molecule has 0 rings (SSSR count). The number of carboxylic acids is 1. The van der Waals surface area contributed by atoms with Gasteiger partial charge in [0, 0.05) is 20.6 Å². The Labute approximate surface area is 77.1 Å². The topological polar surface area (TPSA) is 75.6 Å². The molecule has 1 amide bonds. The minimum absolute atomic E-state index is 0.0720. The van der Waals surface area contributed by atoms with Crippen molar-refractivity contribution < 1.29 is 19.4 Å². The largest absolute Gasteiger partial charge is 0.481 e. The first kappa shape index (κ1) is 11.9. The molecule has 0 fully saturated rings. The molecule has 13 heavy (non-hydrogen) atoms. The van der Waals surface area contributed by atoms with Crippen LogP contribution in [0.5, 0.6) is 0 Å². The Morgan fingerprint density at radius 3 is 2.38 bits per heavy atom. The van der Waals surface area contributed by atoms with Crippen molar-refractivity contribution in [2.75, 3.05) is 20.3 Å². The molecule has 0 aromatic heterocycles. The second-order valence-corrected chi connectivity index (χ2v) is 3.21. The predicted molar refractivity (Wildman–Crippen MR) is 46.3 cm³/mol. The molecule has 1 unspecified atom stereocenters. The maximum absolute atomic E-state index is 10.8. The van der Waals surface area contributed by atoms with E-state index in [9.17, 15) is 9.59 Å². The smallest absolute Gasteiger partial charge is 0.313 e. The molecule has 2 N–H and O–H groups in total. The summed E-state index contributed by atoms with van der Waals surface area (Å²) in [5, 5.41) is 11.3. The van der Waals surface area contributed by atoms with Crippen LogP contribution in [0.2, 0.25) is 0 Å². The predicted octanol–water partition coefficient (Wildman–Crippen LogP) is -0.140. The number of hydrogen-bond donors (Lipinski definition) is 2. The normalized spacial score (nSPS) is 14.7. The van der Waals surface area contributed by atoms with E-state index in [1.165, 1.54) is 21.0 Å². The van der Waals surface area contributed by atoms with E-state index in [1.54, 1.807) is 0 Å². The van der Waals surface area contributed by atoms with Gasteiger partial charge in [-0.3, -0.25) is 9.59 Å². The highest BCUT2D eigenvalue weighted by Gasteiger charge is 2.33. The number of methoxy groups -OCH3 is 1. The van der Waals surface area contributed by atoms with Crippen molar-refractivity contribution in [2.45, 2.75) is 13.8 Å². The molecule has 0 radical (unpaired) electrons. The third kappa shape index (κ3) is 3.89. The zero-order valence-electron chi connectivity index (χ0n) is 8.09. The Morgan fingerprint density at radius 1 is 1.54 bits per heavy atom. The second kappa shape index (κ2) is 4.81. The van der Waals surface area contributed by atoms with Gasteiger partial charge in [-0.25, -0.2) is 0 Å². The number of amides is 1. The Kier molecular flexibility index (Phi) is 4.40. The highest BCUT2D eigenvalue weighted by atomic mass is 16.5. The van der Waals surface area contributed by atoms with E-state index in [-0.39, 0.29) is 19.1 Å². The van der Waals surface area contributed by atoms with Crippen LogP contribution in [0.1, 0.15) is 13.8 Å². The van der Waals surface area contributed by atoms with Crippen molar-refractivity contribution in [2.24, 2.45) is 5.41 Å². The highest BCUT2D eigenvalue weighted by molar-refractivity contribution is 5.77. The summed E-state index contributed by atoms with van der Waals surface area (Å²) in [4.78, 5) is 21.4. The first-order valence-electron chi connectivity index (χ1n) is 3.89. The van der Waals surface area contributed by atoms with Gasteiger partial charge in [0.1, 0.15) is 5.41 Å². The van der Waals surface area contributed by atoms with Crippen LogP contribution in [-0.2, 0) is 14.3 Å². The fraction of sp³-hybridized carbons (Fsp3) is 0.750. The molecule has 0 heterocycles. The summed E-state index contributed by atoms with van der Waals surface area (Å²) in [6, 6.07) is 0. The Morgan fingerprint density at radius 2 is 2.08 bits per heavy atom. The van der Waals surface area contributed by atoms with Gasteiger partial charge in [0.05, 0.1) is 6.61 Å². The van der Waals surface area contributed by atoms with E-state index < -0.39 is 11.4 Å². The van der Waals surface area contributed by atoms with Gasteiger partial charge in [-0.15, -0.1) is 0 Å². The molecular weight excluding hydrogens is 174 g/mol. The Bertz CT molecular complexity index is 204. The van der Waals surface area contributed by atoms with Crippen LogP contribution >= 0.6 is 0 Å². The number of ether oxygens (including phenoxy) is 1. The lowest BCUT2D eigenvalue weighted by Gasteiger charge is -2.23. The third-order valence-corrected chi connectivity index (χ3v) is 1.71. The van der Waals surface area contributed by atoms with E-state index in [0.29, 0.717) is 0 Å². The van der Waals surface area contributed by atoms with Gasteiger partial charge in [-0.2, -0.15) is 0 Å². The lowest BCUT2D eigenvalue weighted by molar-refractivity contribution is -0.150. The number of carbonyl (C=O) groups is 2. The monoisotopic (exact) mass is 189 g/mol. The standard InChI is InChI=1S/C8H15NO4/c1-6(10)9-4-8(2,5-13-3)7(11)12/h4-5H2,1-3H3,(H,9,10)(H,11,12).